The normalized spacial score (nSPS) is 21.2. The molecule has 17 heteroatoms. The number of nitrogens with one attached hydrogen (secondary N) is 1. The lowest BCUT2D eigenvalue weighted by Gasteiger charge is -2.49. The molecule has 0 aromatic heterocycles. The summed E-state index contributed by atoms with van der Waals surface area (Å²) in [6.45, 7) is 16.7. The first-order valence-corrected chi connectivity index (χ1v) is 20.2. The highest BCUT2D eigenvalue weighted by molar-refractivity contribution is 7.80. The van der Waals surface area contributed by atoms with Gasteiger partial charge in [0.25, 0.3) is 11.8 Å². The number of fused-ring (bicyclic) bond motifs is 2. The van der Waals surface area contributed by atoms with Crippen LogP contribution in [0, 0.1) is 5.41 Å². The van der Waals surface area contributed by atoms with Crippen molar-refractivity contribution in [2.45, 2.75) is 136 Å². The van der Waals surface area contributed by atoms with Crippen LogP contribution in [0.3, 0.4) is 0 Å². The molecule has 5 amide bonds. The van der Waals surface area contributed by atoms with Gasteiger partial charge in [0.1, 0.15) is 6.04 Å². The number of amides is 5. The Bertz CT molecular complexity index is 1270. The van der Waals surface area contributed by atoms with Crippen LogP contribution >= 0.6 is 0 Å². The number of carbonyl (C=O) groups excluding carboxylic acids is 3. The molecule has 3 fully saturated rings. The van der Waals surface area contributed by atoms with Gasteiger partial charge in [0, 0.05) is 44.6 Å². The van der Waals surface area contributed by atoms with Crippen LogP contribution in [-0.4, -0.2) is 143 Å². The van der Waals surface area contributed by atoms with Crippen molar-refractivity contribution in [2.75, 3.05) is 52.4 Å². The van der Waals surface area contributed by atoms with Crippen molar-refractivity contribution in [2.24, 2.45) is 5.41 Å². The largest absolute Gasteiger partial charge is 0.465 e. The number of carboxylic acid groups (broad SMARTS) is 1. The highest BCUT2D eigenvalue weighted by atomic mass is 32.3. The maximum atomic E-state index is 14.4. The zero-order chi connectivity index (χ0) is 38.0. The summed E-state index contributed by atoms with van der Waals surface area (Å²) in [4.78, 5) is 62.8. The van der Waals surface area contributed by atoms with E-state index < -0.39 is 52.0 Å². The molecule has 3 aliphatic rings. The van der Waals surface area contributed by atoms with E-state index in [0.717, 1.165) is 75.5 Å². The molecule has 294 valence electrons. The zero-order valence-corrected chi connectivity index (χ0v) is 32.4. The van der Waals surface area contributed by atoms with Crippen LogP contribution < -0.4 is 5.48 Å². The number of quaternary nitrogens is 1. The minimum Gasteiger partial charge on any atom is -0.465 e. The minimum absolute atomic E-state index is 0.0140. The van der Waals surface area contributed by atoms with Gasteiger partial charge in [0.15, 0.2) is 6.10 Å². The Kier molecular flexibility index (Phi) is 15.8. The number of hydroxylamine groups is 3. The Balaban J connectivity index is 1.91. The Labute approximate surface area is 304 Å². The number of piperidine rings is 1. The summed E-state index contributed by atoms with van der Waals surface area (Å²) in [5.74, 6) is -1.01. The summed E-state index contributed by atoms with van der Waals surface area (Å²) in [7, 11) is -4.95. The zero-order valence-electron chi connectivity index (χ0n) is 31.5. The molecule has 3 rings (SSSR count). The minimum atomic E-state index is -4.95. The van der Waals surface area contributed by atoms with Crippen LogP contribution in [0.4, 0.5) is 9.59 Å². The van der Waals surface area contributed by atoms with E-state index in [9.17, 15) is 32.7 Å². The molecular weight excluding hydrogens is 684 g/mol. The van der Waals surface area contributed by atoms with E-state index in [4.69, 9.17) is 9.39 Å². The molecule has 16 nitrogen and oxygen atoms in total. The van der Waals surface area contributed by atoms with E-state index >= 15 is 0 Å². The Morgan fingerprint density at radius 1 is 0.922 bits per heavy atom. The average Bonchev–Trinajstić information content (AvgIpc) is 3.30. The second-order valence-electron chi connectivity index (χ2n) is 15.2. The van der Waals surface area contributed by atoms with Crippen LogP contribution in [0.1, 0.15) is 112 Å². The quantitative estimate of drug-likeness (QED) is 0.0880. The Morgan fingerprint density at radius 3 is 1.96 bits per heavy atom. The molecule has 3 N–H and O–H groups in total. The maximum Gasteiger partial charge on any atom is 0.418 e. The number of nitrogens with zero attached hydrogens (tertiary/aromatic N) is 5. The van der Waals surface area contributed by atoms with Gasteiger partial charge in [0.05, 0.1) is 31.7 Å². The van der Waals surface area contributed by atoms with Crippen molar-refractivity contribution in [3.05, 3.63) is 0 Å². The van der Waals surface area contributed by atoms with Gasteiger partial charge in [-0.15, -0.1) is 4.28 Å². The lowest BCUT2D eigenvalue weighted by atomic mass is 9.77. The van der Waals surface area contributed by atoms with E-state index in [-0.39, 0.29) is 57.5 Å². The number of rotatable bonds is 21. The molecule has 51 heavy (non-hydrogen) atoms. The molecule has 0 aromatic carbocycles. The van der Waals surface area contributed by atoms with Crippen molar-refractivity contribution in [1.29, 1.82) is 0 Å². The van der Waals surface area contributed by atoms with E-state index in [1.54, 1.807) is 4.90 Å². The van der Waals surface area contributed by atoms with Gasteiger partial charge in [0.2, 0.25) is 0 Å². The SMILES string of the molecule is CCCC[N+](CCCC)(CCCC)C(CCC)CC(C)(C)C(ONC(=O)[C@@H]1CC[C@@H]2CN1C(=O)N2OS(=O)(=O)O)C(=O)N1CCN(C(=O)O)CC1. The Morgan fingerprint density at radius 2 is 1.47 bits per heavy atom. The van der Waals surface area contributed by atoms with Gasteiger partial charge >= 0.3 is 22.5 Å². The number of hydrogen-bond acceptors (Lipinski definition) is 8. The van der Waals surface area contributed by atoms with Gasteiger partial charge in [-0.05, 0) is 38.5 Å². The van der Waals surface area contributed by atoms with Crippen LogP contribution in [0.25, 0.3) is 0 Å². The first-order chi connectivity index (χ1) is 24.0. The molecule has 3 saturated heterocycles. The molecule has 2 unspecified atom stereocenters. The van der Waals surface area contributed by atoms with E-state index in [2.05, 4.69) is 37.5 Å². The average molecular weight is 748 g/mol. The molecule has 0 radical (unpaired) electrons. The number of hydrogen-bond donors (Lipinski definition) is 3. The first-order valence-electron chi connectivity index (χ1n) is 18.9. The van der Waals surface area contributed by atoms with Crippen LogP contribution in [-0.2, 0) is 29.1 Å². The van der Waals surface area contributed by atoms with Crippen molar-refractivity contribution >= 4 is 34.3 Å². The molecule has 0 saturated carbocycles. The second kappa shape index (κ2) is 18.9. The third kappa shape index (κ3) is 11.1. The van der Waals surface area contributed by atoms with Crippen LogP contribution in [0.2, 0.25) is 0 Å². The second-order valence-corrected chi connectivity index (χ2v) is 16.2. The number of carbonyl (C=O) groups is 4. The fourth-order valence-electron chi connectivity index (χ4n) is 8.04. The van der Waals surface area contributed by atoms with Gasteiger partial charge < -0.3 is 24.3 Å². The molecule has 0 spiro atoms. The monoisotopic (exact) mass is 747 g/mol. The number of unbranched alkanes of at least 4 members (excludes halogenated alkanes) is 3. The lowest BCUT2D eigenvalue weighted by Crippen LogP contribution is -2.61. The third-order valence-corrected chi connectivity index (χ3v) is 11.3. The van der Waals surface area contributed by atoms with Crippen molar-refractivity contribution in [3.63, 3.8) is 0 Å². The third-order valence-electron chi connectivity index (χ3n) is 10.9. The fraction of sp³-hybridized carbons (Fsp3) is 0.882. The Hall–Kier alpha value is -2.73. The van der Waals surface area contributed by atoms with E-state index in [1.807, 2.05) is 13.8 Å². The highest BCUT2D eigenvalue weighted by Crippen LogP contribution is 2.37. The predicted molar refractivity (Wildman–Crippen MR) is 189 cm³/mol. The summed E-state index contributed by atoms with van der Waals surface area (Å²) < 4.78 is 37.3. The lowest BCUT2D eigenvalue weighted by molar-refractivity contribution is -0.953. The predicted octanol–water partition coefficient (Wildman–Crippen LogP) is 4.03. The van der Waals surface area contributed by atoms with Gasteiger partial charge in [-0.3, -0.25) is 19.0 Å². The molecule has 0 aliphatic carbocycles. The van der Waals surface area contributed by atoms with Gasteiger partial charge in [-0.1, -0.05) is 67.2 Å². The molecule has 3 heterocycles. The molecule has 4 atom stereocenters. The van der Waals surface area contributed by atoms with E-state index in [1.165, 1.54) is 9.80 Å². The molecule has 2 bridgehead atoms. The fourth-order valence-corrected chi connectivity index (χ4v) is 8.42. The van der Waals surface area contributed by atoms with Crippen molar-refractivity contribution in [1.82, 2.24) is 25.2 Å². The summed E-state index contributed by atoms with van der Waals surface area (Å²) in [5.41, 5.74) is 1.73. The number of piperazine rings is 1. The molecular formula is C34H63N6O10S+. The standard InChI is InChI=1S/C34H62N6O10S/c1-7-11-21-40(22-12-8-2,23-13-9-3)27(14-10-4)24-34(5,6)29(31(42)36-17-19-37(20-18-36)33(44)45)49-35-30(41)28-16-15-26-25-38(28)32(43)39(26)50-51(46,47)48/h26-29H,7-25H2,1-6H3,(H2-,35,41,44,45,46,47,48)/p+1/t26-,27?,28+,29?/m1/s1. The summed E-state index contributed by atoms with van der Waals surface area (Å²) in [6, 6.07) is -2.32. The van der Waals surface area contributed by atoms with E-state index in [0.29, 0.717) is 11.5 Å². The number of urea groups is 1. The highest BCUT2D eigenvalue weighted by Gasteiger charge is 2.51. The maximum absolute atomic E-state index is 14.4. The van der Waals surface area contributed by atoms with Gasteiger partial charge in [-0.2, -0.15) is 13.5 Å². The molecule has 3 aliphatic heterocycles. The van der Waals surface area contributed by atoms with Crippen LogP contribution in [0.5, 0.6) is 0 Å². The smallest absolute Gasteiger partial charge is 0.418 e. The van der Waals surface area contributed by atoms with Crippen molar-refractivity contribution in [3.8, 4) is 0 Å². The first kappa shape index (κ1) is 42.7. The summed E-state index contributed by atoms with van der Waals surface area (Å²) in [6.07, 6.45) is 7.40. The van der Waals surface area contributed by atoms with Crippen LogP contribution in [0.15, 0.2) is 0 Å². The summed E-state index contributed by atoms with van der Waals surface area (Å²) in [5, 5.41) is 10.1. The topological polar surface area (TPSA) is 186 Å². The summed E-state index contributed by atoms with van der Waals surface area (Å²) >= 11 is 0. The molecule has 0 aromatic rings. The van der Waals surface area contributed by atoms with Crippen molar-refractivity contribution < 1.29 is 50.9 Å². The van der Waals surface area contributed by atoms with Gasteiger partial charge in [-0.25, -0.2) is 15.1 Å².